The molecule has 0 fully saturated rings. The predicted molar refractivity (Wildman–Crippen MR) is 83.9 cm³/mol. The largest absolute Gasteiger partial charge is 0.369 e. The third-order valence-corrected chi connectivity index (χ3v) is 3.10. The summed E-state index contributed by atoms with van der Waals surface area (Å²) in [6.45, 7) is 0. The molecule has 0 radical (unpaired) electrons. The van der Waals surface area contributed by atoms with Crippen LogP contribution in [-0.2, 0) is 4.79 Å². The van der Waals surface area contributed by atoms with Gasteiger partial charge in [-0.05, 0) is 11.6 Å². The normalized spacial score (nSPS) is 11.2. The molecule has 0 spiro atoms. The lowest BCUT2D eigenvalue weighted by Gasteiger charge is -1.91. The molecule has 2 rings (SSSR count). The SMILES string of the molecule is NC(=O)CSc1n[nH]c(N/N=C/C=C/c2ccccc2)n1. The van der Waals surface area contributed by atoms with Crippen molar-refractivity contribution in [2.75, 3.05) is 11.2 Å². The molecule has 0 saturated heterocycles. The number of nitrogens with one attached hydrogen (secondary N) is 2. The first-order valence-corrected chi connectivity index (χ1v) is 7.07. The van der Waals surface area contributed by atoms with Crippen molar-refractivity contribution in [3.8, 4) is 0 Å². The number of carbonyl (C=O) groups is 1. The maximum atomic E-state index is 10.6. The van der Waals surface area contributed by atoms with Gasteiger partial charge in [-0.3, -0.25) is 4.79 Å². The maximum Gasteiger partial charge on any atom is 0.240 e. The number of amides is 1. The van der Waals surface area contributed by atoms with Gasteiger partial charge in [0.2, 0.25) is 17.0 Å². The van der Waals surface area contributed by atoms with Crippen molar-refractivity contribution in [1.29, 1.82) is 0 Å². The Balaban J connectivity index is 1.79. The van der Waals surface area contributed by atoms with E-state index in [1.165, 1.54) is 0 Å². The molecule has 0 atom stereocenters. The summed E-state index contributed by atoms with van der Waals surface area (Å²) in [4.78, 5) is 14.7. The first kappa shape index (κ1) is 14.8. The van der Waals surface area contributed by atoms with Crippen LogP contribution >= 0.6 is 11.8 Å². The van der Waals surface area contributed by atoms with Gasteiger partial charge in [0, 0.05) is 6.21 Å². The third kappa shape index (κ3) is 5.49. The highest BCUT2D eigenvalue weighted by Gasteiger charge is 2.04. The number of benzene rings is 1. The number of H-pyrrole nitrogens is 1. The summed E-state index contributed by atoms with van der Waals surface area (Å²) in [7, 11) is 0. The molecule has 1 aromatic carbocycles. The Hall–Kier alpha value is -2.61. The summed E-state index contributed by atoms with van der Waals surface area (Å²) in [5.41, 5.74) is 8.83. The van der Waals surface area contributed by atoms with Crippen LogP contribution in [0.15, 0.2) is 46.7 Å². The van der Waals surface area contributed by atoms with Gasteiger partial charge in [-0.1, -0.05) is 48.2 Å². The van der Waals surface area contributed by atoms with Gasteiger partial charge in [-0.2, -0.15) is 10.1 Å². The Morgan fingerprint density at radius 3 is 3.00 bits per heavy atom. The minimum absolute atomic E-state index is 0.139. The van der Waals surface area contributed by atoms with Crippen LogP contribution < -0.4 is 11.2 Å². The highest BCUT2D eigenvalue weighted by molar-refractivity contribution is 7.99. The van der Waals surface area contributed by atoms with Crippen LogP contribution in [0.4, 0.5) is 5.95 Å². The first-order chi connectivity index (χ1) is 10.2. The highest BCUT2D eigenvalue weighted by atomic mass is 32.2. The van der Waals surface area contributed by atoms with Crippen molar-refractivity contribution in [3.05, 3.63) is 42.0 Å². The number of aromatic amines is 1. The van der Waals surface area contributed by atoms with Crippen LogP contribution in [0.1, 0.15) is 5.56 Å². The molecule has 0 aliphatic carbocycles. The van der Waals surface area contributed by atoms with Crippen molar-refractivity contribution in [2.24, 2.45) is 10.8 Å². The minimum Gasteiger partial charge on any atom is -0.369 e. The molecular weight excluding hydrogens is 288 g/mol. The Labute approximate surface area is 125 Å². The molecule has 8 heteroatoms. The zero-order valence-electron chi connectivity index (χ0n) is 11.1. The second-order valence-corrected chi connectivity index (χ2v) is 4.82. The van der Waals surface area contributed by atoms with Crippen LogP contribution in [0, 0.1) is 0 Å². The number of carbonyl (C=O) groups excluding carboxylic acids is 1. The van der Waals surface area contributed by atoms with E-state index in [4.69, 9.17) is 5.73 Å². The number of nitrogens with zero attached hydrogens (tertiary/aromatic N) is 3. The van der Waals surface area contributed by atoms with Crippen molar-refractivity contribution in [1.82, 2.24) is 15.2 Å². The Kier molecular flexibility index (Phi) is 5.53. The molecule has 1 heterocycles. The fourth-order valence-electron chi connectivity index (χ4n) is 1.36. The summed E-state index contributed by atoms with van der Waals surface area (Å²) in [6, 6.07) is 9.89. The highest BCUT2D eigenvalue weighted by Crippen LogP contribution is 2.12. The van der Waals surface area contributed by atoms with Gasteiger partial charge in [0.05, 0.1) is 5.75 Å². The Morgan fingerprint density at radius 1 is 1.43 bits per heavy atom. The maximum absolute atomic E-state index is 10.6. The van der Waals surface area contributed by atoms with Crippen LogP contribution in [0.5, 0.6) is 0 Å². The molecule has 2 aromatic rings. The zero-order chi connectivity index (χ0) is 14.9. The van der Waals surface area contributed by atoms with E-state index >= 15 is 0 Å². The number of allylic oxidation sites excluding steroid dienone is 1. The molecular formula is C13H14N6OS. The minimum atomic E-state index is -0.414. The lowest BCUT2D eigenvalue weighted by atomic mass is 10.2. The van der Waals surface area contributed by atoms with Gasteiger partial charge in [0.1, 0.15) is 0 Å². The summed E-state index contributed by atoms with van der Waals surface area (Å²) in [5, 5.41) is 11.0. The molecule has 0 aliphatic heterocycles. The van der Waals surface area contributed by atoms with Crippen LogP contribution in [0.25, 0.3) is 6.08 Å². The van der Waals surface area contributed by atoms with E-state index in [0.717, 1.165) is 17.3 Å². The molecule has 21 heavy (non-hydrogen) atoms. The van der Waals surface area contributed by atoms with Gasteiger partial charge in [0.25, 0.3) is 0 Å². The molecule has 1 amide bonds. The average Bonchev–Trinajstić information content (AvgIpc) is 2.94. The summed E-state index contributed by atoms with van der Waals surface area (Å²) >= 11 is 1.16. The average molecular weight is 302 g/mol. The van der Waals surface area contributed by atoms with Crippen molar-refractivity contribution in [3.63, 3.8) is 0 Å². The van der Waals surface area contributed by atoms with Crippen molar-refractivity contribution >= 4 is 35.9 Å². The zero-order valence-corrected chi connectivity index (χ0v) is 11.9. The van der Waals surface area contributed by atoms with Crippen LogP contribution in [0.3, 0.4) is 0 Å². The number of thioether (sulfide) groups is 1. The van der Waals surface area contributed by atoms with E-state index in [1.807, 2.05) is 36.4 Å². The summed E-state index contributed by atoms with van der Waals surface area (Å²) in [6.07, 6.45) is 5.34. The van der Waals surface area contributed by atoms with E-state index < -0.39 is 5.91 Å². The van der Waals surface area contributed by atoms with E-state index in [9.17, 15) is 4.79 Å². The van der Waals surface area contributed by atoms with E-state index in [-0.39, 0.29) is 5.75 Å². The monoisotopic (exact) mass is 302 g/mol. The van der Waals surface area contributed by atoms with E-state index in [1.54, 1.807) is 12.3 Å². The van der Waals surface area contributed by atoms with Gasteiger partial charge >= 0.3 is 0 Å². The number of nitrogens with two attached hydrogens (primary N) is 1. The third-order valence-electron chi connectivity index (χ3n) is 2.23. The lowest BCUT2D eigenvalue weighted by molar-refractivity contribution is -0.115. The van der Waals surface area contributed by atoms with E-state index in [2.05, 4.69) is 25.7 Å². The smallest absolute Gasteiger partial charge is 0.240 e. The Morgan fingerprint density at radius 2 is 2.24 bits per heavy atom. The number of primary amides is 1. The van der Waals surface area contributed by atoms with Crippen LogP contribution in [-0.4, -0.2) is 33.1 Å². The molecule has 108 valence electrons. The second-order valence-electron chi connectivity index (χ2n) is 3.88. The second kappa shape index (κ2) is 7.85. The number of hydrazone groups is 1. The summed E-state index contributed by atoms with van der Waals surface area (Å²) in [5.74, 6) is 0.120. The fraction of sp³-hybridized carbons (Fsp3) is 0.0769. The molecule has 0 bridgehead atoms. The number of hydrogen-bond acceptors (Lipinski definition) is 6. The van der Waals surface area contributed by atoms with Crippen molar-refractivity contribution < 1.29 is 4.79 Å². The van der Waals surface area contributed by atoms with Gasteiger partial charge < -0.3 is 5.73 Å². The quantitative estimate of drug-likeness (QED) is 0.408. The predicted octanol–water partition coefficient (Wildman–Crippen LogP) is 1.49. The molecule has 4 N–H and O–H groups in total. The lowest BCUT2D eigenvalue weighted by Crippen LogP contribution is -2.13. The number of aromatic nitrogens is 3. The molecule has 0 unspecified atom stereocenters. The van der Waals surface area contributed by atoms with Gasteiger partial charge in [-0.15, -0.1) is 5.10 Å². The molecule has 1 aromatic heterocycles. The molecule has 0 saturated carbocycles. The number of rotatable bonds is 7. The van der Waals surface area contributed by atoms with E-state index in [0.29, 0.717) is 11.1 Å². The van der Waals surface area contributed by atoms with Crippen LogP contribution in [0.2, 0.25) is 0 Å². The standard InChI is InChI=1S/C13H14N6OS/c14-11(20)9-21-13-16-12(18-19-13)17-15-8-4-7-10-5-2-1-3-6-10/h1-8H,9H2,(H2,14,20)(H2,16,17,18,19)/b7-4+,15-8+. The molecule has 7 nitrogen and oxygen atoms in total. The van der Waals surface area contributed by atoms with Gasteiger partial charge in [0.15, 0.2) is 0 Å². The number of hydrogen-bond donors (Lipinski definition) is 3. The summed E-state index contributed by atoms with van der Waals surface area (Å²) < 4.78 is 0. The Bertz CT molecular complexity index is 637. The topological polar surface area (TPSA) is 109 Å². The van der Waals surface area contributed by atoms with Gasteiger partial charge in [-0.25, -0.2) is 10.5 Å². The fourth-order valence-corrected chi connectivity index (χ4v) is 1.89. The van der Waals surface area contributed by atoms with Crippen molar-refractivity contribution in [2.45, 2.75) is 5.16 Å². The first-order valence-electron chi connectivity index (χ1n) is 6.08. The molecule has 0 aliphatic rings. The number of anilines is 1.